The molecule has 29 heavy (non-hydrogen) atoms. The Hall–Kier alpha value is -2.62. The van der Waals surface area contributed by atoms with E-state index in [9.17, 15) is 18.0 Å². The molecule has 0 saturated carbocycles. The van der Waals surface area contributed by atoms with Gasteiger partial charge in [-0.05, 0) is 43.7 Å². The highest BCUT2D eigenvalue weighted by Crippen LogP contribution is 2.25. The van der Waals surface area contributed by atoms with Crippen LogP contribution in [-0.4, -0.2) is 44.7 Å². The first kappa shape index (κ1) is 22.7. The summed E-state index contributed by atoms with van der Waals surface area (Å²) in [6.45, 7) is 2.85. The number of aryl methyl sites for hydroxylation is 2. The Labute approximate surface area is 174 Å². The summed E-state index contributed by atoms with van der Waals surface area (Å²) in [5, 5.41) is 0.357. The number of ether oxygens (including phenoxy) is 1. The topological polar surface area (TPSA) is 105 Å². The standard InChI is InChI=1S/C19H22ClN3O5S/c1-13-4-7-15(8-5-13)29(26,27)23(3)11-18(24)21-22-19(25)12-28-17-10-14(2)6-9-16(17)20/h4-10H,11-12H2,1-3H3,(H,21,24)(H,22,25). The van der Waals surface area contributed by atoms with Crippen molar-refractivity contribution in [2.75, 3.05) is 20.2 Å². The van der Waals surface area contributed by atoms with E-state index in [0.717, 1.165) is 15.4 Å². The number of carbonyl (C=O) groups excluding carboxylic acids is 2. The van der Waals surface area contributed by atoms with Gasteiger partial charge in [-0.2, -0.15) is 4.31 Å². The monoisotopic (exact) mass is 439 g/mol. The average Bonchev–Trinajstić information content (AvgIpc) is 2.67. The molecule has 8 nitrogen and oxygen atoms in total. The zero-order chi connectivity index (χ0) is 21.6. The zero-order valence-electron chi connectivity index (χ0n) is 16.2. The van der Waals surface area contributed by atoms with E-state index in [0.29, 0.717) is 10.8 Å². The van der Waals surface area contributed by atoms with Gasteiger partial charge in [0.05, 0.1) is 16.5 Å². The zero-order valence-corrected chi connectivity index (χ0v) is 17.8. The van der Waals surface area contributed by atoms with Crippen molar-refractivity contribution in [1.29, 1.82) is 0 Å². The summed E-state index contributed by atoms with van der Waals surface area (Å²) in [7, 11) is -2.55. The lowest BCUT2D eigenvalue weighted by Gasteiger charge is -2.17. The maximum atomic E-state index is 12.5. The fourth-order valence-corrected chi connectivity index (χ4v) is 3.56. The Bertz CT molecular complexity index is 993. The number of rotatable bonds is 7. The van der Waals surface area contributed by atoms with Crippen molar-refractivity contribution in [3.63, 3.8) is 0 Å². The molecule has 0 bridgehead atoms. The van der Waals surface area contributed by atoms with Crippen LogP contribution in [-0.2, 0) is 19.6 Å². The van der Waals surface area contributed by atoms with Crippen LogP contribution in [0.4, 0.5) is 0 Å². The van der Waals surface area contributed by atoms with Gasteiger partial charge in [0.15, 0.2) is 6.61 Å². The number of likely N-dealkylation sites (N-methyl/N-ethyl adjacent to an activating group) is 1. The molecule has 2 rings (SSSR count). The molecular weight excluding hydrogens is 418 g/mol. The van der Waals surface area contributed by atoms with Crippen LogP contribution in [0, 0.1) is 13.8 Å². The summed E-state index contributed by atoms with van der Waals surface area (Å²) in [5.74, 6) is -0.984. The summed E-state index contributed by atoms with van der Waals surface area (Å²) in [4.78, 5) is 23.9. The highest BCUT2D eigenvalue weighted by molar-refractivity contribution is 7.89. The van der Waals surface area contributed by atoms with Gasteiger partial charge in [-0.3, -0.25) is 20.4 Å². The number of amides is 2. The Morgan fingerprint density at radius 3 is 2.24 bits per heavy atom. The Morgan fingerprint density at radius 1 is 1.00 bits per heavy atom. The van der Waals surface area contributed by atoms with Crippen molar-refractivity contribution in [2.45, 2.75) is 18.7 Å². The number of hydrogen-bond acceptors (Lipinski definition) is 5. The smallest absolute Gasteiger partial charge is 0.276 e. The van der Waals surface area contributed by atoms with Gasteiger partial charge in [0.25, 0.3) is 11.8 Å². The lowest BCUT2D eigenvalue weighted by molar-refractivity contribution is -0.130. The second kappa shape index (κ2) is 9.73. The molecule has 0 spiro atoms. The molecule has 0 radical (unpaired) electrons. The normalized spacial score (nSPS) is 11.2. The molecule has 2 aromatic carbocycles. The molecule has 0 saturated heterocycles. The molecule has 0 aliphatic rings. The highest BCUT2D eigenvalue weighted by atomic mass is 35.5. The molecule has 0 aromatic heterocycles. The minimum absolute atomic E-state index is 0.0749. The third-order valence-corrected chi connectivity index (χ3v) is 6.01. The lowest BCUT2D eigenvalue weighted by atomic mass is 10.2. The molecule has 0 fully saturated rings. The van der Waals surface area contributed by atoms with Crippen LogP contribution in [0.3, 0.4) is 0 Å². The van der Waals surface area contributed by atoms with E-state index in [4.69, 9.17) is 16.3 Å². The molecule has 0 heterocycles. The van der Waals surface area contributed by atoms with Crippen LogP contribution in [0.25, 0.3) is 0 Å². The van der Waals surface area contributed by atoms with Crippen LogP contribution < -0.4 is 15.6 Å². The van der Waals surface area contributed by atoms with E-state index in [1.165, 1.54) is 19.2 Å². The molecule has 0 atom stereocenters. The van der Waals surface area contributed by atoms with Crippen LogP contribution in [0.1, 0.15) is 11.1 Å². The Morgan fingerprint density at radius 2 is 1.59 bits per heavy atom. The SMILES string of the molecule is Cc1ccc(S(=O)(=O)N(C)CC(=O)NNC(=O)COc2cc(C)ccc2Cl)cc1. The van der Waals surface area contributed by atoms with Crippen molar-refractivity contribution in [3.8, 4) is 5.75 Å². The van der Waals surface area contributed by atoms with E-state index < -0.39 is 28.4 Å². The van der Waals surface area contributed by atoms with Gasteiger partial charge in [0, 0.05) is 7.05 Å². The maximum Gasteiger partial charge on any atom is 0.276 e. The van der Waals surface area contributed by atoms with Gasteiger partial charge in [-0.15, -0.1) is 0 Å². The van der Waals surface area contributed by atoms with Gasteiger partial charge in [0.1, 0.15) is 5.75 Å². The number of nitrogens with zero attached hydrogens (tertiary/aromatic N) is 1. The summed E-state index contributed by atoms with van der Waals surface area (Å²) in [5.41, 5.74) is 6.14. The third-order valence-electron chi connectivity index (χ3n) is 3.88. The molecule has 0 aliphatic heterocycles. The second-order valence-electron chi connectivity index (χ2n) is 6.39. The Balaban J connectivity index is 1.83. The van der Waals surface area contributed by atoms with E-state index in [1.807, 2.05) is 13.8 Å². The predicted molar refractivity (Wildman–Crippen MR) is 109 cm³/mol. The number of sulfonamides is 1. The van der Waals surface area contributed by atoms with Gasteiger partial charge in [-0.25, -0.2) is 8.42 Å². The third kappa shape index (κ3) is 6.45. The number of carbonyl (C=O) groups is 2. The molecule has 2 amide bonds. The van der Waals surface area contributed by atoms with E-state index >= 15 is 0 Å². The van der Waals surface area contributed by atoms with Crippen molar-refractivity contribution >= 4 is 33.4 Å². The average molecular weight is 440 g/mol. The molecule has 2 aromatic rings. The van der Waals surface area contributed by atoms with Gasteiger partial charge in [-0.1, -0.05) is 35.4 Å². The second-order valence-corrected chi connectivity index (χ2v) is 8.85. The van der Waals surface area contributed by atoms with Gasteiger partial charge in [0.2, 0.25) is 10.0 Å². The minimum Gasteiger partial charge on any atom is -0.482 e. The van der Waals surface area contributed by atoms with Crippen LogP contribution in [0.2, 0.25) is 5.02 Å². The van der Waals surface area contributed by atoms with Gasteiger partial charge >= 0.3 is 0 Å². The van der Waals surface area contributed by atoms with Crippen LogP contribution >= 0.6 is 11.6 Å². The lowest BCUT2D eigenvalue weighted by Crippen LogP contribution is -2.48. The van der Waals surface area contributed by atoms with Crippen molar-refractivity contribution in [3.05, 3.63) is 58.6 Å². The molecule has 0 aliphatic carbocycles. The predicted octanol–water partition coefficient (Wildman–Crippen LogP) is 1.80. The number of hydrogen-bond donors (Lipinski definition) is 2. The first-order valence-electron chi connectivity index (χ1n) is 8.59. The van der Waals surface area contributed by atoms with E-state index in [2.05, 4.69) is 10.9 Å². The first-order valence-corrected chi connectivity index (χ1v) is 10.4. The Kier molecular flexibility index (Phi) is 7.60. The summed E-state index contributed by atoms with van der Waals surface area (Å²) in [6, 6.07) is 11.4. The van der Waals surface area contributed by atoms with Crippen molar-refractivity contribution in [1.82, 2.24) is 15.2 Å². The molecular formula is C19H22ClN3O5S. The fraction of sp³-hybridized carbons (Fsp3) is 0.263. The number of halogens is 1. The quantitative estimate of drug-likeness (QED) is 0.640. The fourth-order valence-electron chi connectivity index (χ4n) is 2.26. The highest BCUT2D eigenvalue weighted by Gasteiger charge is 2.23. The van der Waals surface area contributed by atoms with Crippen LogP contribution in [0.15, 0.2) is 47.4 Å². The molecule has 156 valence electrons. The maximum absolute atomic E-state index is 12.5. The molecule has 0 unspecified atom stereocenters. The van der Waals surface area contributed by atoms with Crippen molar-refractivity contribution < 1.29 is 22.7 Å². The summed E-state index contributed by atoms with van der Waals surface area (Å²) in [6.07, 6.45) is 0. The minimum atomic E-state index is -3.82. The van der Waals surface area contributed by atoms with Crippen molar-refractivity contribution in [2.24, 2.45) is 0 Å². The number of benzene rings is 2. The van der Waals surface area contributed by atoms with E-state index in [-0.39, 0.29) is 11.5 Å². The molecule has 2 N–H and O–H groups in total. The summed E-state index contributed by atoms with van der Waals surface area (Å²) >= 11 is 5.98. The first-order chi connectivity index (χ1) is 13.6. The summed E-state index contributed by atoms with van der Waals surface area (Å²) < 4.78 is 31.1. The largest absolute Gasteiger partial charge is 0.482 e. The van der Waals surface area contributed by atoms with Crippen LogP contribution in [0.5, 0.6) is 5.75 Å². The molecule has 10 heteroatoms. The number of hydrazine groups is 1. The number of nitrogens with one attached hydrogen (secondary N) is 2. The van der Waals surface area contributed by atoms with E-state index in [1.54, 1.807) is 30.3 Å². The van der Waals surface area contributed by atoms with Gasteiger partial charge < -0.3 is 4.74 Å².